The second-order valence-electron chi connectivity index (χ2n) is 7.42. The SMILES string of the molecule is CCCc1noc(CCC(=O)NCc2cn(-c3ccccc3)nc2-c2ccc(F)cc2)n1. The van der Waals surface area contributed by atoms with Gasteiger partial charge >= 0.3 is 0 Å². The van der Waals surface area contributed by atoms with Gasteiger partial charge in [-0.3, -0.25) is 4.79 Å². The number of rotatable bonds is 9. The molecule has 0 aliphatic heterocycles. The fourth-order valence-electron chi connectivity index (χ4n) is 3.32. The molecule has 8 heteroatoms. The van der Waals surface area contributed by atoms with Crippen LogP contribution in [0.5, 0.6) is 0 Å². The summed E-state index contributed by atoms with van der Waals surface area (Å²) >= 11 is 0. The molecule has 4 rings (SSSR count). The number of aryl methyl sites for hydroxylation is 2. The summed E-state index contributed by atoms with van der Waals surface area (Å²) in [7, 11) is 0. The molecule has 32 heavy (non-hydrogen) atoms. The number of amides is 1. The summed E-state index contributed by atoms with van der Waals surface area (Å²) in [6.45, 7) is 2.34. The molecule has 0 bridgehead atoms. The Morgan fingerprint density at radius 3 is 2.62 bits per heavy atom. The van der Waals surface area contributed by atoms with Crippen LogP contribution < -0.4 is 5.32 Å². The van der Waals surface area contributed by atoms with Gasteiger partial charge in [0.15, 0.2) is 5.82 Å². The number of para-hydroxylation sites is 1. The highest BCUT2D eigenvalue weighted by atomic mass is 19.1. The first-order valence-corrected chi connectivity index (χ1v) is 10.6. The van der Waals surface area contributed by atoms with Gasteiger partial charge in [-0.15, -0.1) is 0 Å². The van der Waals surface area contributed by atoms with Crippen molar-refractivity contribution in [3.05, 3.63) is 83.9 Å². The van der Waals surface area contributed by atoms with Gasteiger partial charge in [0.05, 0.1) is 11.4 Å². The Labute approximate surface area is 185 Å². The number of aromatic nitrogens is 4. The molecule has 0 aliphatic rings. The number of nitrogens with one attached hydrogen (secondary N) is 1. The van der Waals surface area contributed by atoms with Gasteiger partial charge in [0.25, 0.3) is 0 Å². The largest absolute Gasteiger partial charge is 0.352 e. The highest BCUT2D eigenvalue weighted by molar-refractivity contribution is 5.76. The Morgan fingerprint density at radius 1 is 1.09 bits per heavy atom. The van der Waals surface area contributed by atoms with Crippen molar-refractivity contribution in [1.82, 2.24) is 25.2 Å². The lowest BCUT2D eigenvalue weighted by molar-refractivity contribution is -0.121. The smallest absolute Gasteiger partial charge is 0.227 e. The number of carbonyl (C=O) groups is 1. The van der Waals surface area contributed by atoms with Crippen LogP contribution in [0.3, 0.4) is 0 Å². The lowest BCUT2D eigenvalue weighted by Crippen LogP contribution is -2.23. The molecule has 0 aliphatic carbocycles. The first kappa shape index (κ1) is 21.4. The van der Waals surface area contributed by atoms with Crippen LogP contribution in [0.2, 0.25) is 0 Å². The molecule has 2 aromatic carbocycles. The average Bonchev–Trinajstić information content (AvgIpc) is 3.45. The highest BCUT2D eigenvalue weighted by Crippen LogP contribution is 2.24. The maximum absolute atomic E-state index is 13.4. The Hall–Kier alpha value is -3.81. The van der Waals surface area contributed by atoms with E-state index in [4.69, 9.17) is 4.52 Å². The van der Waals surface area contributed by atoms with Gasteiger partial charge in [-0.05, 0) is 42.8 Å². The maximum Gasteiger partial charge on any atom is 0.227 e. The summed E-state index contributed by atoms with van der Waals surface area (Å²) in [6, 6.07) is 15.8. The van der Waals surface area contributed by atoms with E-state index in [0.717, 1.165) is 29.7 Å². The molecule has 1 amide bonds. The topological polar surface area (TPSA) is 85.8 Å². The van der Waals surface area contributed by atoms with Gasteiger partial charge < -0.3 is 9.84 Å². The van der Waals surface area contributed by atoms with Crippen molar-refractivity contribution in [2.24, 2.45) is 0 Å². The third-order valence-corrected chi connectivity index (χ3v) is 4.95. The highest BCUT2D eigenvalue weighted by Gasteiger charge is 2.14. The van der Waals surface area contributed by atoms with E-state index in [2.05, 4.69) is 20.6 Å². The quantitative estimate of drug-likeness (QED) is 0.426. The number of hydrogen-bond donors (Lipinski definition) is 1. The van der Waals surface area contributed by atoms with Crippen molar-refractivity contribution < 1.29 is 13.7 Å². The lowest BCUT2D eigenvalue weighted by Gasteiger charge is -2.05. The van der Waals surface area contributed by atoms with Crippen LogP contribution in [0.4, 0.5) is 4.39 Å². The first-order chi connectivity index (χ1) is 15.6. The van der Waals surface area contributed by atoms with Crippen molar-refractivity contribution in [1.29, 1.82) is 0 Å². The molecular formula is C24H24FN5O2. The summed E-state index contributed by atoms with van der Waals surface area (Å²) in [5.41, 5.74) is 3.19. The van der Waals surface area contributed by atoms with E-state index in [0.29, 0.717) is 30.4 Å². The zero-order valence-electron chi connectivity index (χ0n) is 17.8. The van der Waals surface area contributed by atoms with Crippen LogP contribution >= 0.6 is 0 Å². The van der Waals surface area contributed by atoms with Gasteiger partial charge in [-0.2, -0.15) is 10.1 Å². The molecule has 0 atom stereocenters. The molecule has 164 valence electrons. The molecule has 2 heterocycles. The fourth-order valence-corrected chi connectivity index (χ4v) is 3.32. The summed E-state index contributed by atoms with van der Waals surface area (Å²) in [5, 5.41) is 11.5. The molecule has 0 spiro atoms. The molecule has 0 fully saturated rings. The van der Waals surface area contributed by atoms with E-state index < -0.39 is 0 Å². The molecule has 0 radical (unpaired) electrons. The molecule has 0 unspecified atom stereocenters. The van der Waals surface area contributed by atoms with E-state index in [-0.39, 0.29) is 18.1 Å². The second-order valence-corrected chi connectivity index (χ2v) is 7.42. The van der Waals surface area contributed by atoms with Gasteiger partial charge in [-0.1, -0.05) is 30.3 Å². The Morgan fingerprint density at radius 2 is 1.88 bits per heavy atom. The van der Waals surface area contributed by atoms with Crippen LogP contribution in [-0.2, 0) is 24.2 Å². The number of hydrogen-bond acceptors (Lipinski definition) is 5. The average molecular weight is 433 g/mol. The zero-order valence-corrected chi connectivity index (χ0v) is 17.8. The van der Waals surface area contributed by atoms with Crippen LogP contribution in [0.25, 0.3) is 16.9 Å². The number of carbonyl (C=O) groups excluding carboxylic acids is 1. The molecule has 1 N–H and O–H groups in total. The van der Waals surface area contributed by atoms with Gasteiger partial charge in [0.2, 0.25) is 11.8 Å². The minimum absolute atomic E-state index is 0.127. The van der Waals surface area contributed by atoms with Gasteiger partial charge in [0.1, 0.15) is 5.82 Å². The molecule has 0 saturated carbocycles. The first-order valence-electron chi connectivity index (χ1n) is 10.6. The third-order valence-electron chi connectivity index (χ3n) is 4.95. The van der Waals surface area contributed by atoms with Crippen molar-refractivity contribution in [2.45, 2.75) is 39.2 Å². The van der Waals surface area contributed by atoms with Crippen LogP contribution in [0.1, 0.15) is 37.0 Å². The fraction of sp³-hybridized carbons (Fsp3) is 0.250. The standard InChI is InChI=1S/C24H24FN5O2/c1-2-6-21-27-23(32-29-21)14-13-22(31)26-15-18-16-30(20-7-4-3-5-8-20)28-24(18)17-9-11-19(25)12-10-17/h3-5,7-12,16H,2,6,13-15H2,1H3,(H,26,31). The monoisotopic (exact) mass is 433 g/mol. The predicted molar refractivity (Wildman–Crippen MR) is 117 cm³/mol. The predicted octanol–water partition coefficient (Wildman–Crippen LogP) is 4.26. The van der Waals surface area contributed by atoms with Crippen LogP contribution in [0, 0.1) is 5.82 Å². The van der Waals surface area contributed by atoms with E-state index >= 15 is 0 Å². The number of nitrogens with zero attached hydrogens (tertiary/aromatic N) is 4. The summed E-state index contributed by atoms with van der Waals surface area (Å²) in [5.74, 6) is 0.694. The molecular weight excluding hydrogens is 409 g/mol. The van der Waals surface area contributed by atoms with Gasteiger partial charge in [-0.25, -0.2) is 9.07 Å². The number of benzene rings is 2. The minimum atomic E-state index is -0.311. The van der Waals surface area contributed by atoms with Crippen molar-refractivity contribution in [3.8, 4) is 16.9 Å². The van der Waals surface area contributed by atoms with Crippen molar-refractivity contribution in [3.63, 3.8) is 0 Å². The van der Waals surface area contributed by atoms with Crippen LogP contribution in [0.15, 0.2) is 65.3 Å². The maximum atomic E-state index is 13.4. The lowest BCUT2D eigenvalue weighted by atomic mass is 10.1. The Kier molecular flexibility index (Phi) is 6.69. The van der Waals surface area contributed by atoms with E-state index in [9.17, 15) is 9.18 Å². The third kappa shape index (κ3) is 5.26. The minimum Gasteiger partial charge on any atom is -0.352 e. The Bertz CT molecular complexity index is 1170. The number of halogens is 1. The van der Waals surface area contributed by atoms with Gasteiger partial charge in [0, 0.05) is 43.1 Å². The zero-order chi connectivity index (χ0) is 22.3. The molecule has 4 aromatic rings. The Balaban J connectivity index is 1.46. The summed E-state index contributed by atoms with van der Waals surface area (Å²) in [6.07, 6.45) is 4.20. The molecule has 7 nitrogen and oxygen atoms in total. The van der Waals surface area contributed by atoms with E-state index in [1.807, 2.05) is 43.5 Å². The normalized spacial score (nSPS) is 10.9. The van der Waals surface area contributed by atoms with Crippen LogP contribution in [-0.4, -0.2) is 25.8 Å². The molecule has 2 aromatic heterocycles. The van der Waals surface area contributed by atoms with Crippen molar-refractivity contribution in [2.75, 3.05) is 0 Å². The van der Waals surface area contributed by atoms with Crippen molar-refractivity contribution >= 4 is 5.91 Å². The second kappa shape index (κ2) is 10.00. The van der Waals surface area contributed by atoms with E-state index in [1.165, 1.54) is 12.1 Å². The molecule has 0 saturated heterocycles. The van der Waals surface area contributed by atoms with E-state index in [1.54, 1.807) is 16.8 Å². The summed E-state index contributed by atoms with van der Waals surface area (Å²) in [4.78, 5) is 16.7. The summed E-state index contributed by atoms with van der Waals surface area (Å²) < 4.78 is 20.3.